The number of benzene rings is 3. The van der Waals surface area contributed by atoms with Gasteiger partial charge in [0.25, 0.3) is 10.1 Å². The number of carbonyl (C=O) groups is 1. The summed E-state index contributed by atoms with van der Waals surface area (Å²) in [5.41, 5.74) is 0.217. The Morgan fingerprint density at radius 1 is 0.926 bits per heavy atom. The Bertz CT molecular complexity index is 1160. The van der Waals surface area contributed by atoms with Gasteiger partial charge in [-0.05, 0) is 30.3 Å². The Kier molecular flexibility index (Phi) is 6.34. The van der Waals surface area contributed by atoms with Crippen LogP contribution in [0.3, 0.4) is 0 Å². The third kappa shape index (κ3) is 4.52. The number of aromatic carboxylic acids is 1. The number of nitrogens with zero attached hydrogens (tertiary/aromatic N) is 2. The summed E-state index contributed by atoms with van der Waals surface area (Å²) in [6.07, 6.45) is 0. The predicted molar refractivity (Wildman–Crippen MR) is 93.0 cm³/mol. The van der Waals surface area contributed by atoms with E-state index < -0.39 is 16.1 Å². The van der Waals surface area contributed by atoms with Crippen LogP contribution < -0.4 is 29.6 Å². The summed E-state index contributed by atoms with van der Waals surface area (Å²) < 4.78 is 32.3. The van der Waals surface area contributed by atoms with Gasteiger partial charge in [-0.15, -0.1) is 5.11 Å². The molecule has 27 heavy (non-hydrogen) atoms. The fraction of sp³-hybridized carbons (Fsp3) is 0. The van der Waals surface area contributed by atoms with Crippen molar-refractivity contribution in [3.05, 3.63) is 60.2 Å². The first-order chi connectivity index (χ1) is 12.3. The van der Waals surface area contributed by atoms with Crippen molar-refractivity contribution < 1.29 is 57.5 Å². The van der Waals surface area contributed by atoms with Crippen LogP contribution in [0.1, 0.15) is 10.4 Å². The molecule has 0 atom stereocenters. The molecule has 0 radical (unpaired) electrons. The molecule has 10 heteroatoms. The molecule has 0 spiro atoms. The van der Waals surface area contributed by atoms with E-state index in [-0.39, 0.29) is 56.8 Å². The average Bonchev–Trinajstić information content (AvgIpc) is 2.59. The van der Waals surface area contributed by atoms with E-state index in [0.29, 0.717) is 11.1 Å². The Balaban J connectivity index is 0.00000261. The minimum absolute atomic E-state index is 0. The van der Waals surface area contributed by atoms with Crippen molar-refractivity contribution in [2.24, 2.45) is 10.2 Å². The van der Waals surface area contributed by atoms with Gasteiger partial charge in [0.05, 0.1) is 11.4 Å². The number of carboxylic acids is 1. The molecular formula is C17H12N2NaO6S+. The van der Waals surface area contributed by atoms with Crippen LogP contribution in [0, 0.1) is 0 Å². The van der Waals surface area contributed by atoms with E-state index in [1.54, 1.807) is 18.2 Å². The number of fused-ring (bicyclic) bond motifs is 1. The summed E-state index contributed by atoms with van der Waals surface area (Å²) >= 11 is 0. The van der Waals surface area contributed by atoms with Gasteiger partial charge < -0.3 is 10.2 Å². The standard InChI is InChI=1S/C17H12N2O6S.Na/c20-15-7-5-10(9-13(15)17(21)22)18-19-14-6-8-16(26(23,24)25)12-4-2-1-3-11(12)14;/h1-9,20H,(H,21,22)(H,23,24,25);/q;+1. The first-order valence-electron chi connectivity index (χ1n) is 7.24. The van der Waals surface area contributed by atoms with E-state index in [1.165, 1.54) is 30.3 Å². The first kappa shape index (κ1) is 21.0. The van der Waals surface area contributed by atoms with Gasteiger partial charge in [0, 0.05) is 10.8 Å². The molecule has 3 aromatic rings. The van der Waals surface area contributed by atoms with Crippen LogP contribution in [0.4, 0.5) is 11.4 Å². The van der Waals surface area contributed by atoms with Crippen molar-refractivity contribution in [3.8, 4) is 5.75 Å². The van der Waals surface area contributed by atoms with Crippen molar-refractivity contribution >= 4 is 38.2 Å². The second-order valence-corrected chi connectivity index (χ2v) is 6.70. The minimum Gasteiger partial charge on any atom is -0.507 e. The van der Waals surface area contributed by atoms with Gasteiger partial charge >= 0.3 is 35.5 Å². The molecular weight excluding hydrogens is 383 g/mol. The summed E-state index contributed by atoms with van der Waals surface area (Å²) in [6, 6.07) is 12.8. The molecule has 0 saturated carbocycles. The van der Waals surface area contributed by atoms with Crippen LogP contribution in [0.25, 0.3) is 10.8 Å². The Labute approximate surface area is 176 Å². The molecule has 0 unspecified atom stereocenters. The van der Waals surface area contributed by atoms with Gasteiger partial charge in [0.15, 0.2) is 0 Å². The van der Waals surface area contributed by atoms with Crippen LogP contribution >= 0.6 is 0 Å². The topological polar surface area (TPSA) is 137 Å². The Morgan fingerprint density at radius 2 is 1.59 bits per heavy atom. The Hall–Kier alpha value is -2.30. The van der Waals surface area contributed by atoms with E-state index in [2.05, 4.69) is 10.2 Å². The van der Waals surface area contributed by atoms with E-state index in [0.717, 1.165) is 6.07 Å². The maximum atomic E-state index is 11.5. The molecule has 0 aliphatic carbocycles. The quantitative estimate of drug-likeness (QED) is 0.341. The predicted octanol–water partition coefficient (Wildman–Crippen LogP) is 0.910. The SMILES string of the molecule is O=C(O)c1cc(N=Nc2ccc(S(=O)(=O)O)c3ccccc23)ccc1O.[Na+]. The minimum atomic E-state index is -4.40. The summed E-state index contributed by atoms with van der Waals surface area (Å²) in [7, 11) is -4.40. The summed E-state index contributed by atoms with van der Waals surface area (Å²) in [5, 5.41) is 27.2. The van der Waals surface area contributed by atoms with Gasteiger partial charge in [0.2, 0.25) is 0 Å². The van der Waals surface area contributed by atoms with E-state index in [4.69, 9.17) is 5.11 Å². The van der Waals surface area contributed by atoms with Gasteiger partial charge in [-0.3, -0.25) is 4.55 Å². The molecule has 0 fully saturated rings. The number of hydrogen-bond donors (Lipinski definition) is 3. The number of azo groups is 1. The third-order valence-corrected chi connectivity index (χ3v) is 4.53. The molecule has 0 aliphatic heterocycles. The van der Waals surface area contributed by atoms with Crippen LogP contribution in [0.5, 0.6) is 5.75 Å². The number of hydrogen-bond acceptors (Lipinski definition) is 6. The first-order valence-corrected chi connectivity index (χ1v) is 8.68. The molecule has 3 aromatic carbocycles. The molecule has 3 rings (SSSR count). The fourth-order valence-corrected chi connectivity index (χ4v) is 3.13. The van der Waals surface area contributed by atoms with E-state index >= 15 is 0 Å². The third-order valence-electron chi connectivity index (χ3n) is 3.62. The smallest absolute Gasteiger partial charge is 0.507 e. The van der Waals surface area contributed by atoms with Crippen molar-refractivity contribution in [2.75, 3.05) is 0 Å². The van der Waals surface area contributed by atoms with Crippen LogP contribution in [-0.4, -0.2) is 29.2 Å². The zero-order valence-electron chi connectivity index (χ0n) is 14.1. The van der Waals surface area contributed by atoms with Crippen LogP contribution in [0.15, 0.2) is 69.7 Å². The molecule has 0 saturated heterocycles. The monoisotopic (exact) mass is 395 g/mol. The van der Waals surface area contributed by atoms with Crippen molar-refractivity contribution in [3.63, 3.8) is 0 Å². The van der Waals surface area contributed by atoms with Gasteiger partial charge in [-0.25, -0.2) is 4.79 Å². The molecule has 0 aromatic heterocycles. The van der Waals surface area contributed by atoms with Crippen molar-refractivity contribution in [1.29, 1.82) is 0 Å². The normalized spacial score (nSPS) is 11.4. The van der Waals surface area contributed by atoms with E-state index in [9.17, 15) is 22.9 Å². The van der Waals surface area contributed by atoms with Gasteiger partial charge in [0.1, 0.15) is 16.2 Å². The number of carboxylic acid groups (broad SMARTS) is 1. The molecule has 8 nitrogen and oxygen atoms in total. The molecule has 0 aliphatic rings. The van der Waals surface area contributed by atoms with Gasteiger partial charge in [-0.2, -0.15) is 13.5 Å². The second-order valence-electron chi connectivity index (χ2n) is 5.31. The maximum absolute atomic E-state index is 11.5. The van der Waals surface area contributed by atoms with Crippen molar-refractivity contribution in [2.45, 2.75) is 4.90 Å². The van der Waals surface area contributed by atoms with Gasteiger partial charge in [-0.1, -0.05) is 24.3 Å². The Morgan fingerprint density at radius 3 is 2.22 bits per heavy atom. The zero-order valence-corrected chi connectivity index (χ0v) is 16.9. The summed E-state index contributed by atoms with van der Waals surface area (Å²) in [4.78, 5) is 10.8. The van der Waals surface area contributed by atoms with Crippen molar-refractivity contribution in [1.82, 2.24) is 0 Å². The van der Waals surface area contributed by atoms with Crippen LogP contribution in [-0.2, 0) is 10.1 Å². The summed E-state index contributed by atoms with van der Waals surface area (Å²) in [5.74, 6) is -1.69. The zero-order chi connectivity index (χ0) is 18.9. The number of phenols is 1. The van der Waals surface area contributed by atoms with Crippen LogP contribution in [0.2, 0.25) is 0 Å². The average molecular weight is 395 g/mol. The summed E-state index contributed by atoms with van der Waals surface area (Å²) in [6.45, 7) is 0. The molecule has 0 heterocycles. The maximum Gasteiger partial charge on any atom is 1.00 e. The largest absolute Gasteiger partial charge is 1.00 e. The second kappa shape index (κ2) is 8.15. The molecule has 0 bridgehead atoms. The molecule has 3 N–H and O–H groups in total. The molecule has 0 amide bonds. The van der Waals surface area contributed by atoms with E-state index in [1.807, 2.05) is 0 Å². The number of rotatable bonds is 4. The fourth-order valence-electron chi connectivity index (χ4n) is 2.44. The number of aromatic hydroxyl groups is 1. The molecule has 132 valence electrons.